The molecule has 0 aromatic heterocycles. The van der Waals surface area contributed by atoms with Crippen molar-refractivity contribution in [2.24, 2.45) is 0 Å². The van der Waals surface area contributed by atoms with Crippen molar-refractivity contribution >= 4 is 21.5 Å². The molecule has 0 amide bonds. The minimum atomic E-state index is 1.13. The van der Waals surface area contributed by atoms with Crippen LogP contribution in [0.4, 0.5) is 0 Å². The maximum atomic E-state index is 2.50. The van der Waals surface area contributed by atoms with Gasteiger partial charge in [-0.15, -0.1) is 0 Å². The Morgan fingerprint density at radius 1 is 0.833 bits per heavy atom. The van der Waals surface area contributed by atoms with Crippen LogP contribution >= 0.6 is 0 Å². The van der Waals surface area contributed by atoms with E-state index in [2.05, 4.69) is 61.5 Å². The Balaban J connectivity index is 1.90. The molecule has 0 unspecified atom stereocenters. The minimum Gasteiger partial charge on any atom is -0.0888 e. The van der Waals surface area contributed by atoms with Gasteiger partial charge in [-0.3, -0.25) is 0 Å². The highest BCUT2D eigenvalue weighted by molar-refractivity contribution is 6.10. The highest BCUT2D eigenvalue weighted by Gasteiger charge is 2.15. The molecule has 24 heavy (non-hydrogen) atoms. The molecule has 122 valence electrons. The Kier molecular flexibility index (Phi) is 4.38. The van der Waals surface area contributed by atoms with Crippen LogP contribution in [0.25, 0.3) is 21.5 Å². The van der Waals surface area contributed by atoms with E-state index in [4.69, 9.17) is 0 Å². The fourth-order valence-electron chi connectivity index (χ4n) is 4.24. The summed E-state index contributed by atoms with van der Waals surface area (Å²) in [6.45, 7) is 2.20. The van der Waals surface area contributed by atoms with Crippen LogP contribution in [0.3, 0.4) is 0 Å². The first-order chi connectivity index (χ1) is 11.9. The lowest BCUT2D eigenvalue weighted by Gasteiger charge is -2.20. The van der Waals surface area contributed by atoms with Crippen LogP contribution < -0.4 is 0 Å². The lowest BCUT2D eigenvalue weighted by Crippen LogP contribution is -2.03. The Labute approximate surface area is 145 Å². The molecule has 3 aromatic carbocycles. The summed E-state index contributed by atoms with van der Waals surface area (Å²) in [5.74, 6) is 0. The van der Waals surface area contributed by atoms with Gasteiger partial charge in [0.15, 0.2) is 0 Å². The Bertz CT molecular complexity index is 899. The molecule has 0 fully saturated rings. The van der Waals surface area contributed by atoms with Gasteiger partial charge in [0.05, 0.1) is 0 Å². The first-order valence-corrected chi connectivity index (χ1v) is 9.48. The van der Waals surface area contributed by atoms with E-state index in [1.54, 1.807) is 11.1 Å². The van der Waals surface area contributed by atoms with E-state index >= 15 is 0 Å². The molecule has 1 aliphatic carbocycles. The Morgan fingerprint density at radius 3 is 2.50 bits per heavy atom. The molecule has 3 aromatic rings. The van der Waals surface area contributed by atoms with Crippen LogP contribution in [0.1, 0.15) is 49.3 Å². The maximum Gasteiger partial charge on any atom is -0.0102 e. The van der Waals surface area contributed by atoms with E-state index in [-0.39, 0.29) is 0 Å². The van der Waals surface area contributed by atoms with Gasteiger partial charge >= 0.3 is 0 Å². The highest BCUT2D eigenvalue weighted by Crippen LogP contribution is 2.35. The molecule has 0 spiro atoms. The number of rotatable bonds is 4. The van der Waals surface area contributed by atoms with E-state index in [9.17, 15) is 0 Å². The largest absolute Gasteiger partial charge is 0.0888 e. The predicted molar refractivity (Wildman–Crippen MR) is 106 cm³/mol. The zero-order valence-electron chi connectivity index (χ0n) is 14.6. The van der Waals surface area contributed by atoms with Crippen molar-refractivity contribution < 1.29 is 0 Å². The number of hydrogen-bond acceptors (Lipinski definition) is 0. The first kappa shape index (κ1) is 15.4. The van der Waals surface area contributed by atoms with Gasteiger partial charge in [-0.05, 0) is 83.2 Å². The van der Waals surface area contributed by atoms with Crippen LogP contribution in [-0.4, -0.2) is 0 Å². The molecule has 0 N–H and O–H groups in total. The highest BCUT2D eigenvalue weighted by atomic mass is 14.2. The molecule has 0 bridgehead atoms. The summed E-state index contributed by atoms with van der Waals surface area (Å²) in [5, 5.41) is 5.82. The Hall–Kier alpha value is -2.08. The standard InChI is InChI=1S/C24H26/c1-2-3-4-5-11-19-17-24-20-12-7-6-10-18(20)15-16-23(24)22-14-9-8-13-21(19)22/h3-4,8-9,13-17H,2,5-7,10-12H2,1H3/b4-3-. The summed E-state index contributed by atoms with van der Waals surface area (Å²) in [6, 6.07) is 16.2. The molecule has 0 nitrogen and oxygen atoms in total. The average molecular weight is 314 g/mol. The number of allylic oxidation sites excluding steroid dienone is 2. The van der Waals surface area contributed by atoms with Crippen LogP contribution in [-0.2, 0) is 19.3 Å². The van der Waals surface area contributed by atoms with E-state index < -0.39 is 0 Å². The van der Waals surface area contributed by atoms with Gasteiger partial charge in [0.1, 0.15) is 0 Å². The predicted octanol–water partition coefficient (Wildman–Crippen LogP) is 6.77. The molecule has 0 heterocycles. The number of hydrogen-bond donors (Lipinski definition) is 0. The van der Waals surface area contributed by atoms with Crippen molar-refractivity contribution in [2.45, 2.75) is 51.9 Å². The summed E-state index contributed by atoms with van der Waals surface area (Å²) >= 11 is 0. The summed E-state index contributed by atoms with van der Waals surface area (Å²) in [5.41, 5.74) is 4.72. The van der Waals surface area contributed by atoms with Crippen LogP contribution in [0.15, 0.2) is 54.6 Å². The second kappa shape index (κ2) is 6.81. The molecule has 0 aliphatic heterocycles. The lowest BCUT2D eigenvalue weighted by atomic mass is 9.85. The summed E-state index contributed by atoms with van der Waals surface area (Å²) in [7, 11) is 0. The van der Waals surface area contributed by atoms with Gasteiger partial charge < -0.3 is 0 Å². The zero-order valence-corrected chi connectivity index (χ0v) is 14.6. The summed E-state index contributed by atoms with van der Waals surface area (Å²) < 4.78 is 0. The van der Waals surface area contributed by atoms with Gasteiger partial charge in [-0.25, -0.2) is 0 Å². The average Bonchev–Trinajstić information content (AvgIpc) is 2.65. The van der Waals surface area contributed by atoms with E-state index in [0.717, 1.165) is 19.3 Å². The normalized spacial score (nSPS) is 14.5. The summed E-state index contributed by atoms with van der Waals surface area (Å²) in [4.78, 5) is 0. The molecule has 1 aliphatic rings. The third-order valence-electron chi connectivity index (χ3n) is 5.44. The molecular formula is C24H26. The number of fused-ring (bicyclic) bond motifs is 5. The molecule has 0 heteroatoms. The van der Waals surface area contributed by atoms with Crippen molar-refractivity contribution in [3.63, 3.8) is 0 Å². The van der Waals surface area contributed by atoms with Crippen LogP contribution in [0, 0.1) is 0 Å². The minimum absolute atomic E-state index is 1.13. The fraction of sp³-hybridized carbons (Fsp3) is 0.333. The van der Waals surface area contributed by atoms with Gasteiger partial charge in [0.25, 0.3) is 0 Å². The van der Waals surface area contributed by atoms with Crippen molar-refractivity contribution in [1.82, 2.24) is 0 Å². The molecule has 0 saturated heterocycles. The smallest absolute Gasteiger partial charge is 0.0102 e. The molecule has 4 rings (SSSR count). The van der Waals surface area contributed by atoms with Crippen molar-refractivity contribution in [3.05, 3.63) is 71.3 Å². The second-order valence-electron chi connectivity index (χ2n) is 7.01. The van der Waals surface area contributed by atoms with E-state index in [0.29, 0.717) is 0 Å². The summed E-state index contributed by atoms with van der Waals surface area (Å²) in [6.07, 6.45) is 13.2. The fourth-order valence-corrected chi connectivity index (χ4v) is 4.24. The van der Waals surface area contributed by atoms with Gasteiger partial charge in [0, 0.05) is 0 Å². The van der Waals surface area contributed by atoms with Crippen molar-refractivity contribution in [3.8, 4) is 0 Å². The number of aryl methyl sites for hydroxylation is 3. The third kappa shape index (κ3) is 2.75. The molecule has 0 atom stereocenters. The SMILES string of the molecule is CC/C=C\CCc1cc2c3c(ccc2c2ccccc12)CCCC3. The molecule has 0 saturated carbocycles. The van der Waals surface area contributed by atoms with Gasteiger partial charge in [0.2, 0.25) is 0 Å². The monoisotopic (exact) mass is 314 g/mol. The molecule has 0 radical (unpaired) electrons. The topological polar surface area (TPSA) is 0 Å². The van der Waals surface area contributed by atoms with Crippen LogP contribution in [0.2, 0.25) is 0 Å². The quantitative estimate of drug-likeness (QED) is 0.368. The zero-order chi connectivity index (χ0) is 16.4. The second-order valence-corrected chi connectivity index (χ2v) is 7.01. The Morgan fingerprint density at radius 2 is 1.62 bits per heavy atom. The van der Waals surface area contributed by atoms with Crippen molar-refractivity contribution in [2.75, 3.05) is 0 Å². The van der Waals surface area contributed by atoms with Crippen molar-refractivity contribution in [1.29, 1.82) is 0 Å². The van der Waals surface area contributed by atoms with Crippen LogP contribution in [0.5, 0.6) is 0 Å². The van der Waals surface area contributed by atoms with Gasteiger partial charge in [-0.2, -0.15) is 0 Å². The van der Waals surface area contributed by atoms with E-state index in [1.807, 2.05) is 0 Å². The van der Waals surface area contributed by atoms with Gasteiger partial charge in [-0.1, -0.05) is 61.5 Å². The number of benzene rings is 3. The van der Waals surface area contributed by atoms with E-state index in [1.165, 1.54) is 52.8 Å². The maximum absolute atomic E-state index is 2.50. The first-order valence-electron chi connectivity index (χ1n) is 9.48. The molecular weight excluding hydrogens is 288 g/mol. The third-order valence-corrected chi connectivity index (χ3v) is 5.44. The lowest BCUT2D eigenvalue weighted by molar-refractivity contribution is 0.690.